The van der Waals surface area contributed by atoms with Gasteiger partial charge in [-0.05, 0) is 35.8 Å². The second-order valence-corrected chi connectivity index (χ2v) is 7.51. The minimum Gasteiger partial charge on any atom is -0.505 e. The number of hydrogen-bond acceptors (Lipinski definition) is 6. The molecule has 3 N–H and O–H groups in total. The average molecular weight is 444 g/mol. The van der Waals surface area contributed by atoms with Crippen LogP contribution in [-0.2, 0) is 16.1 Å². The molecule has 168 valence electrons. The highest BCUT2D eigenvalue weighted by molar-refractivity contribution is 6.01. The first kappa shape index (κ1) is 21.9. The summed E-state index contributed by atoms with van der Waals surface area (Å²) in [5, 5.41) is 27.8. The predicted molar refractivity (Wildman–Crippen MR) is 127 cm³/mol. The molecule has 0 atom stereocenters. The smallest absolute Gasteiger partial charge is 0.322 e. The van der Waals surface area contributed by atoms with Crippen molar-refractivity contribution in [3.63, 3.8) is 0 Å². The van der Waals surface area contributed by atoms with E-state index in [9.17, 15) is 14.7 Å². The van der Waals surface area contributed by atoms with Gasteiger partial charge in [0.1, 0.15) is 6.54 Å². The fourth-order valence-corrected chi connectivity index (χ4v) is 3.95. The predicted octanol–water partition coefficient (Wildman–Crippen LogP) is 3.35. The summed E-state index contributed by atoms with van der Waals surface area (Å²) < 4.78 is 0. The summed E-state index contributed by atoms with van der Waals surface area (Å²) in [6.07, 6.45) is 7.70. The number of rotatable bonds is 6. The van der Waals surface area contributed by atoms with Crippen LogP contribution in [0.5, 0.6) is 0 Å². The van der Waals surface area contributed by atoms with Crippen LogP contribution < -0.4 is 10.2 Å². The third-order valence-corrected chi connectivity index (χ3v) is 5.38. The van der Waals surface area contributed by atoms with Crippen LogP contribution in [0.25, 0.3) is 11.3 Å². The van der Waals surface area contributed by atoms with Gasteiger partial charge in [-0.2, -0.15) is 5.10 Å². The first-order valence-electron chi connectivity index (χ1n) is 10.5. The average Bonchev–Trinajstić information content (AvgIpc) is 2.83. The molecule has 0 aliphatic carbocycles. The van der Waals surface area contributed by atoms with Crippen LogP contribution in [0.1, 0.15) is 23.6 Å². The monoisotopic (exact) mass is 444 g/mol. The Labute approximate surface area is 191 Å². The molecule has 1 amide bonds. The number of benzene rings is 2. The van der Waals surface area contributed by atoms with Crippen LogP contribution in [0.15, 0.2) is 77.7 Å². The number of aliphatic hydroxyl groups is 1. The van der Waals surface area contributed by atoms with Crippen LogP contribution in [0.4, 0.5) is 5.69 Å². The number of nitrogens with zero attached hydrogens (tertiary/aromatic N) is 3. The number of carbonyl (C=O) groups excluding carboxylic acids is 1. The van der Waals surface area contributed by atoms with E-state index in [0.717, 1.165) is 28.9 Å². The number of hydrazone groups is 1. The summed E-state index contributed by atoms with van der Waals surface area (Å²) >= 11 is 0. The molecule has 2 aromatic carbocycles. The minimum absolute atomic E-state index is 0.0851. The van der Waals surface area contributed by atoms with Crippen LogP contribution >= 0.6 is 0 Å². The van der Waals surface area contributed by atoms with Crippen LogP contribution in [0.3, 0.4) is 0 Å². The summed E-state index contributed by atoms with van der Waals surface area (Å²) in [6.45, 7) is 2.13. The second-order valence-electron chi connectivity index (χ2n) is 7.51. The highest BCUT2D eigenvalue weighted by Crippen LogP contribution is 2.36. The number of aliphatic carboxylic acids is 1. The van der Waals surface area contributed by atoms with Gasteiger partial charge in [0.25, 0.3) is 5.91 Å². The Bertz CT molecular complexity index is 1200. The molecule has 2 aliphatic rings. The number of aliphatic hydroxyl groups excluding tert-OH is 1. The Morgan fingerprint density at radius 1 is 1.12 bits per heavy atom. The van der Waals surface area contributed by atoms with Gasteiger partial charge in [0, 0.05) is 30.2 Å². The Morgan fingerprint density at radius 3 is 2.61 bits per heavy atom. The van der Waals surface area contributed by atoms with E-state index in [4.69, 9.17) is 5.11 Å². The number of nitrogens with one attached hydrogen (secondary N) is 1. The molecular formula is C25H24N4O4. The van der Waals surface area contributed by atoms with Crippen molar-refractivity contribution in [1.82, 2.24) is 10.3 Å². The lowest BCUT2D eigenvalue weighted by Crippen LogP contribution is -2.38. The summed E-state index contributed by atoms with van der Waals surface area (Å²) in [6, 6.07) is 15.6. The molecule has 4 rings (SSSR count). The fraction of sp³-hybridized carbons (Fsp3) is 0.160. The molecule has 0 spiro atoms. The van der Waals surface area contributed by atoms with E-state index < -0.39 is 18.4 Å². The third-order valence-electron chi connectivity index (χ3n) is 5.38. The van der Waals surface area contributed by atoms with Gasteiger partial charge in [-0.15, -0.1) is 0 Å². The van der Waals surface area contributed by atoms with E-state index in [1.807, 2.05) is 48.5 Å². The maximum Gasteiger partial charge on any atom is 0.322 e. The zero-order valence-electron chi connectivity index (χ0n) is 18.1. The van der Waals surface area contributed by atoms with Gasteiger partial charge >= 0.3 is 5.97 Å². The van der Waals surface area contributed by atoms with E-state index in [2.05, 4.69) is 27.6 Å². The molecule has 0 saturated carbocycles. The van der Waals surface area contributed by atoms with Crippen molar-refractivity contribution in [3.8, 4) is 0 Å². The van der Waals surface area contributed by atoms with E-state index >= 15 is 0 Å². The quantitative estimate of drug-likeness (QED) is 0.590. The number of carboxylic acid groups (broad SMARTS) is 1. The maximum absolute atomic E-state index is 12.7. The van der Waals surface area contributed by atoms with E-state index in [0.29, 0.717) is 5.56 Å². The first-order chi connectivity index (χ1) is 16.0. The molecule has 0 aromatic heterocycles. The summed E-state index contributed by atoms with van der Waals surface area (Å²) in [7, 11) is 0. The molecule has 0 unspecified atom stereocenters. The zero-order chi connectivity index (χ0) is 23.4. The fourth-order valence-electron chi connectivity index (χ4n) is 3.95. The highest BCUT2D eigenvalue weighted by Gasteiger charge is 2.31. The number of carboxylic acids is 1. The molecule has 2 aliphatic heterocycles. The molecule has 2 aromatic rings. The summed E-state index contributed by atoms with van der Waals surface area (Å²) in [5.74, 6) is -2.12. The normalized spacial score (nSPS) is 15.5. The van der Waals surface area contributed by atoms with E-state index in [1.54, 1.807) is 13.0 Å². The zero-order valence-corrected chi connectivity index (χ0v) is 18.1. The van der Waals surface area contributed by atoms with E-state index in [-0.39, 0.29) is 18.0 Å². The van der Waals surface area contributed by atoms with Crippen LogP contribution in [-0.4, -0.2) is 46.4 Å². The van der Waals surface area contributed by atoms with Gasteiger partial charge in [-0.1, -0.05) is 48.6 Å². The molecule has 8 nitrogen and oxygen atoms in total. The van der Waals surface area contributed by atoms with Gasteiger partial charge in [-0.3, -0.25) is 14.6 Å². The molecule has 0 bridgehead atoms. The molecule has 0 radical (unpaired) electrons. The minimum atomic E-state index is -1.17. The van der Waals surface area contributed by atoms with Crippen molar-refractivity contribution >= 4 is 35.1 Å². The van der Waals surface area contributed by atoms with Crippen molar-refractivity contribution in [2.75, 3.05) is 18.0 Å². The number of allylic oxidation sites excluding steroid dienone is 2. The maximum atomic E-state index is 12.7. The number of para-hydroxylation sites is 1. The second kappa shape index (κ2) is 9.44. The van der Waals surface area contributed by atoms with E-state index in [1.165, 1.54) is 11.2 Å². The van der Waals surface area contributed by atoms with Gasteiger partial charge < -0.3 is 20.4 Å². The van der Waals surface area contributed by atoms with Crippen molar-refractivity contribution in [2.24, 2.45) is 5.10 Å². The Hall–Kier alpha value is -4.33. The van der Waals surface area contributed by atoms with Gasteiger partial charge in [0.15, 0.2) is 11.5 Å². The Morgan fingerprint density at radius 2 is 1.88 bits per heavy atom. The Balaban J connectivity index is 1.76. The van der Waals surface area contributed by atoms with Crippen LogP contribution in [0, 0.1) is 0 Å². The molecular weight excluding hydrogens is 420 g/mol. The van der Waals surface area contributed by atoms with Crippen molar-refractivity contribution in [1.29, 1.82) is 0 Å². The van der Waals surface area contributed by atoms with Gasteiger partial charge in [-0.25, -0.2) is 0 Å². The lowest BCUT2D eigenvalue weighted by molar-refractivity contribution is -0.137. The highest BCUT2D eigenvalue weighted by atomic mass is 16.4. The number of fused-ring (bicyclic) bond motifs is 1. The topological polar surface area (TPSA) is 105 Å². The van der Waals surface area contributed by atoms with Gasteiger partial charge in [0.05, 0.1) is 6.54 Å². The van der Waals surface area contributed by atoms with Gasteiger partial charge in [0.2, 0.25) is 0 Å². The first-order valence-corrected chi connectivity index (χ1v) is 10.5. The van der Waals surface area contributed by atoms with Crippen molar-refractivity contribution < 1.29 is 19.8 Å². The number of carbonyl (C=O) groups is 2. The standard InChI is InChI=1S/C25H24N4O4/c1-2-27-29-16-21-19(17-8-7-13-28(15-17)18-9-4-3-5-10-18)11-6-12-20(21)24(32)23(29)25(33)26-14-22(30)31/h2-12,15,32H,13-14,16H2,1H3,(H,26,33)(H,30,31)/b27-2-. The molecule has 33 heavy (non-hydrogen) atoms. The SMILES string of the molecule is C/C=N\N1Cc2c(C3=CN(c4ccccc4)CC=C3)cccc2C(O)=C1C(=O)NCC(=O)O. The molecule has 0 fully saturated rings. The summed E-state index contributed by atoms with van der Waals surface area (Å²) in [4.78, 5) is 25.7. The molecule has 2 heterocycles. The number of anilines is 1. The third kappa shape index (κ3) is 4.50. The van der Waals surface area contributed by atoms with Crippen molar-refractivity contribution in [3.05, 3.63) is 89.3 Å². The lowest BCUT2D eigenvalue weighted by atomic mass is 9.91. The van der Waals surface area contributed by atoms with Crippen molar-refractivity contribution in [2.45, 2.75) is 13.5 Å². The Kier molecular flexibility index (Phi) is 6.26. The molecule has 0 saturated heterocycles. The van der Waals surface area contributed by atoms with Crippen LogP contribution in [0.2, 0.25) is 0 Å². The molecule has 8 heteroatoms. The lowest BCUT2D eigenvalue weighted by Gasteiger charge is -2.31. The summed E-state index contributed by atoms with van der Waals surface area (Å²) in [5.41, 5.74) is 4.20. The largest absolute Gasteiger partial charge is 0.505 e. The number of hydrogen-bond donors (Lipinski definition) is 3. The number of amides is 1.